The molecule has 0 spiro atoms. The van der Waals surface area contributed by atoms with Crippen LogP contribution in [0.1, 0.15) is 41.4 Å². The molecule has 6 rings (SSSR count). The zero-order valence-electron chi connectivity index (χ0n) is 24.6. The summed E-state index contributed by atoms with van der Waals surface area (Å²) in [5.74, 6) is -1.76. The lowest BCUT2D eigenvalue weighted by Crippen LogP contribution is -2.44. The van der Waals surface area contributed by atoms with Crippen molar-refractivity contribution in [3.63, 3.8) is 0 Å². The largest absolute Gasteiger partial charge is 0.365 e. The number of fused-ring (bicyclic) bond motifs is 2. The number of aromatic nitrogens is 2. The summed E-state index contributed by atoms with van der Waals surface area (Å²) in [6.45, 7) is 6.85. The van der Waals surface area contributed by atoms with Crippen molar-refractivity contribution >= 4 is 23.7 Å². The number of hydrogen-bond donors (Lipinski definition) is 2. The van der Waals surface area contributed by atoms with Gasteiger partial charge in [0.2, 0.25) is 0 Å². The highest BCUT2D eigenvalue weighted by Crippen LogP contribution is 2.37. The Kier molecular flexibility index (Phi) is 7.12. The molecule has 0 bridgehead atoms. The zero-order valence-corrected chi connectivity index (χ0v) is 24.6. The lowest BCUT2D eigenvalue weighted by molar-refractivity contribution is 0.0998. The summed E-state index contributed by atoms with van der Waals surface area (Å²) < 4.78 is 31.6. The number of aryl methyl sites for hydroxylation is 1. The molecule has 0 saturated carbocycles. The summed E-state index contributed by atoms with van der Waals surface area (Å²) in [4.78, 5) is 52.0. The van der Waals surface area contributed by atoms with Crippen molar-refractivity contribution in [2.45, 2.75) is 26.8 Å². The Hall–Kier alpha value is -5.17. The Labute approximate surface area is 250 Å². The van der Waals surface area contributed by atoms with Crippen molar-refractivity contribution < 1.29 is 13.6 Å². The van der Waals surface area contributed by atoms with Crippen LogP contribution in [0.15, 0.2) is 73.4 Å². The number of primary amides is 1. The molecule has 1 amide bonds. The number of nitrogens with zero attached hydrogens (tertiary/aromatic N) is 6. The van der Waals surface area contributed by atoms with Crippen LogP contribution in [0.4, 0.5) is 8.78 Å². The van der Waals surface area contributed by atoms with Crippen molar-refractivity contribution in [3.8, 4) is 16.9 Å². The van der Waals surface area contributed by atoms with E-state index in [-0.39, 0.29) is 16.9 Å². The highest BCUT2D eigenvalue weighted by molar-refractivity contribution is 6.25. The number of hydrazine groups is 1. The lowest BCUT2D eigenvalue weighted by atomic mass is 9.91. The Morgan fingerprint density at radius 1 is 1.09 bits per heavy atom. The third kappa shape index (κ3) is 4.56. The maximum absolute atomic E-state index is 16.0. The highest BCUT2D eigenvalue weighted by Gasteiger charge is 2.34. The van der Waals surface area contributed by atoms with Crippen molar-refractivity contribution in [1.29, 1.82) is 0 Å². The Morgan fingerprint density at radius 3 is 2.48 bits per heavy atom. The number of allylic oxidation sites excluding steroid dienone is 1. The van der Waals surface area contributed by atoms with Gasteiger partial charge >= 0.3 is 5.69 Å². The fourth-order valence-corrected chi connectivity index (χ4v) is 5.86. The SMILES string of the molecule is CNN1C=NC2=C(C1)N1CCN=C1C(c1cc(-c3c(C(N)=O)c(=O)n(-c4ccc(F)cc4)c(=O)n3C(C)C)c(F)cc1C)=C2. The first-order valence-electron chi connectivity index (χ1n) is 14.1. The topological polar surface area (TPSA) is 130 Å². The van der Waals surface area contributed by atoms with E-state index in [4.69, 9.17) is 10.7 Å². The number of carbonyl (C=O) groups is 1. The minimum atomic E-state index is -1.14. The van der Waals surface area contributed by atoms with E-state index < -0.39 is 40.4 Å². The van der Waals surface area contributed by atoms with E-state index in [1.54, 1.807) is 34.2 Å². The van der Waals surface area contributed by atoms with Crippen LogP contribution in [0, 0.1) is 18.6 Å². The maximum atomic E-state index is 16.0. The van der Waals surface area contributed by atoms with Crippen LogP contribution in [-0.4, -0.2) is 63.8 Å². The summed E-state index contributed by atoms with van der Waals surface area (Å²) in [5.41, 5.74) is 9.60. The second-order valence-corrected chi connectivity index (χ2v) is 10.9. The van der Waals surface area contributed by atoms with Crippen LogP contribution < -0.4 is 22.4 Å². The molecular weight excluding hydrogens is 570 g/mol. The smallest absolute Gasteiger partial charge is 0.336 e. The summed E-state index contributed by atoms with van der Waals surface area (Å²) in [6.07, 6.45) is 3.57. The number of nitrogens with two attached hydrogens (primary N) is 1. The minimum Gasteiger partial charge on any atom is -0.365 e. The number of benzene rings is 2. The van der Waals surface area contributed by atoms with E-state index in [9.17, 15) is 18.8 Å². The first-order valence-corrected chi connectivity index (χ1v) is 14.1. The zero-order chi connectivity index (χ0) is 31.4. The molecular formula is C31H30F2N8O3. The number of nitrogens with one attached hydrogen (secondary N) is 1. The third-order valence-corrected chi connectivity index (χ3v) is 7.93. The van der Waals surface area contributed by atoms with Crippen molar-refractivity contribution in [3.05, 3.63) is 103 Å². The highest BCUT2D eigenvalue weighted by atomic mass is 19.1. The van der Waals surface area contributed by atoms with Gasteiger partial charge in [0, 0.05) is 30.8 Å². The van der Waals surface area contributed by atoms with E-state index in [0.29, 0.717) is 42.2 Å². The molecule has 0 atom stereocenters. The molecule has 2 aromatic carbocycles. The van der Waals surface area contributed by atoms with Gasteiger partial charge in [-0.15, -0.1) is 0 Å². The van der Waals surface area contributed by atoms with Gasteiger partial charge in [0.25, 0.3) is 11.5 Å². The van der Waals surface area contributed by atoms with E-state index >= 15 is 4.39 Å². The first-order chi connectivity index (χ1) is 21.0. The van der Waals surface area contributed by atoms with Crippen LogP contribution in [-0.2, 0) is 0 Å². The Morgan fingerprint density at radius 2 is 1.82 bits per heavy atom. The molecule has 226 valence electrons. The van der Waals surface area contributed by atoms with Gasteiger partial charge in [0.1, 0.15) is 29.4 Å². The van der Waals surface area contributed by atoms with Crippen LogP contribution in [0.25, 0.3) is 22.5 Å². The van der Waals surface area contributed by atoms with E-state index in [1.807, 2.05) is 11.1 Å². The molecule has 1 aromatic heterocycles. The second kappa shape index (κ2) is 10.8. The summed E-state index contributed by atoms with van der Waals surface area (Å²) >= 11 is 0. The third-order valence-electron chi connectivity index (χ3n) is 7.93. The first kappa shape index (κ1) is 28.9. The number of aliphatic imine (C=N–C) groups is 2. The van der Waals surface area contributed by atoms with Crippen molar-refractivity contribution in [2.24, 2.45) is 15.7 Å². The molecule has 0 fully saturated rings. The molecule has 4 heterocycles. The van der Waals surface area contributed by atoms with Crippen molar-refractivity contribution in [1.82, 2.24) is 24.5 Å². The van der Waals surface area contributed by atoms with Crippen LogP contribution in [0.5, 0.6) is 0 Å². The fourth-order valence-electron chi connectivity index (χ4n) is 5.86. The van der Waals surface area contributed by atoms with E-state index in [2.05, 4.69) is 15.3 Å². The average molecular weight is 601 g/mol. The van der Waals surface area contributed by atoms with Gasteiger partial charge in [-0.1, -0.05) is 0 Å². The number of amidine groups is 1. The number of amides is 1. The number of halogens is 2. The molecule has 0 unspecified atom stereocenters. The number of hydrogen-bond acceptors (Lipinski definition) is 8. The molecule has 11 nitrogen and oxygen atoms in total. The van der Waals surface area contributed by atoms with E-state index in [1.165, 1.54) is 24.3 Å². The van der Waals surface area contributed by atoms with Gasteiger partial charge in [-0.3, -0.25) is 24.2 Å². The number of carbonyl (C=O) groups excluding carboxylic acids is 1. The van der Waals surface area contributed by atoms with Crippen molar-refractivity contribution in [2.75, 3.05) is 26.7 Å². The molecule has 44 heavy (non-hydrogen) atoms. The molecule has 0 saturated heterocycles. The average Bonchev–Trinajstić information content (AvgIpc) is 3.48. The van der Waals surface area contributed by atoms with Crippen LogP contribution in [0.2, 0.25) is 0 Å². The Bertz CT molecular complexity index is 1970. The van der Waals surface area contributed by atoms with Crippen LogP contribution in [0.3, 0.4) is 0 Å². The molecule has 3 aliphatic heterocycles. The summed E-state index contributed by atoms with van der Waals surface area (Å²) in [7, 11) is 1.80. The minimum absolute atomic E-state index is 0.0376. The molecule has 3 N–H and O–H groups in total. The van der Waals surface area contributed by atoms with Crippen LogP contribution >= 0.6 is 0 Å². The molecule has 13 heteroatoms. The number of rotatable bonds is 6. The molecule has 0 aliphatic carbocycles. The molecule has 3 aromatic rings. The van der Waals surface area contributed by atoms with Gasteiger partial charge in [-0.25, -0.2) is 28.6 Å². The molecule has 0 radical (unpaired) electrons. The quantitative estimate of drug-likeness (QED) is 0.448. The van der Waals surface area contributed by atoms with Gasteiger partial charge in [-0.2, -0.15) is 0 Å². The van der Waals surface area contributed by atoms with Gasteiger partial charge in [0.05, 0.1) is 35.9 Å². The van der Waals surface area contributed by atoms with E-state index in [0.717, 1.165) is 32.7 Å². The second-order valence-electron chi connectivity index (χ2n) is 10.9. The predicted octanol–water partition coefficient (Wildman–Crippen LogP) is 2.73. The van der Waals surface area contributed by atoms with Gasteiger partial charge < -0.3 is 10.6 Å². The maximum Gasteiger partial charge on any atom is 0.336 e. The molecule has 3 aliphatic rings. The van der Waals surface area contributed by atoms with Gasteiger partial charge in [-0.05, 0) is 74.4 Å². The standard InChI is InChI=1S/C31H30F2N8O3/c1-16(2)40-27(26(28(34)42)30(43)41(31(40)44)19-7-5-18(32)6-8-19)22-12-20(17(3)11-23(22)33)21-13-24-25(14-38(35-4)15-37-24)39-10-9-36-29(21)39/h5-8,11-13,15-16,35H,9-10,14H2,1-4H3,(H2,34,42). The monoisotopic (exact) mass is 600 g/mol. The predicted molar refractivity (Wildman–Crippen MR) is 164 cm³/mol. The normalized spacial score (nSPS) is 15.9. The fraction of sp³-hybridized carbons (Fsp3) is 0.258. The Balaban J connectivity index is 1.62. The lowest BCUT2D eigenvalue weighted by Gasteiger charge is -2.35. The summed E-state index contributed by atoms with van der Waals surface area (Å²) in [6, 6.07) is 6.86. The van der Waals surface area contributed by atoms with Gasteiger partial charge in [0.15, 0.2) is 0 Å². The summed E-state index contributed by atoms with van der Waals surface area (Å²) in [5, 5.41) is 1.85.